The van der Waals surface area contributed by atoms with Gasteiger partial charge in [-0.3, -0.25) is 4.79 Å². The van der Waals surface area contributed by atoms with E-state index in [1.807, 2.05) is 30.3 Å². The molecule has 16 heavy (non-hydrogen) atoms. The normalized spacial score (nSPS) is 21.8. The Balaban J connectivity index is 2.35. The van der Waals surface area contributed by atoms with E-state index in [2.05, 4.69) is 5.32 Å². The molecule has 0 aromatic heterocycles. The summed E-state index contributed by atoms with van der Waals surface area (Å²) in [5.41, 5.74) is 2.34. The second kappa shape index (κ2) is 5.44. The zero-order valence-corrected chi connectivity index (χ0v) is 8.81. The molecular formula is C12H13NO3. The van der Waals surface area contributed by atoms with Crippen LogP contribution in [0.3, 0.4) is 0 Å². The summed E-state index contributed by atoms with van der Waals surface area (Å²) in [7, 11) is 0. The number of carbonyl (C=O) groups is 1. The molecule has 0 aliphatic carbocycles. The quantitative estimate of drug-likeness (QED) is 0.758. The van der Waals surface area contributed by atoms with E-state index >= 15 is 0 Å². The van der Waals surface area contributed by atoms with Crippen LogP contribution in [0.4, 0.5) is 0 Å². The summed E-state index contributed by atoms with van der Waals surface area (Å²) >= 11 is 0. The third-order valence-electron chi connectivity index (χ3n) is 2.30. The summed E-state index contributed by atoms with van der Waals surface area (Å²) in [6.07, 6.45) is 0.820. The van der Waals surface area contributed by atoms with Crippen molar-refractivity contribution < 1.29 is 14.3 Å². The van der Waals surface area contributed by atoms with E-state index in [1.165, 1.54) is 0 Å². The highest BCUT2D eigenvalue weighted by atomic mass is 16.7. The van der Waals surface area contributed by atoms with Crippen molar-refractivity contribution >= 4 is 12.0 Å². The van der Waals surface area contributed by atoms with Crippen LogP contribution in [0.25, 0.3) is 5.70 Å². The Labute approximate surface area is 93.9 Å². The minimum absolute atomic E-state index is 0.201. The van der Waals surface area contributed by atoms with Crippen molar-refractivity contribution in [1.82, 2.24) is 5.32 Å². The van der Waals surface area contributed by atoms with Gasteiger partial charge >= 0.3 is 0 Å². The van der Waals surface area contributed by atoms with E-state index in [9.17, 15) is 4.79 Å². The van der Waals surface area contributed by atoms with Gasteiger partial charge in [-0.1, -0.05) is 30.3 Å². The van der Waals surface area contributed by atoms with Gasteiger partial charge in [0.25, 0.3) is 0 Å². The Morgan fingerprint density at radius 2 is 2.00 bits per heavy atom. The summed E-state index contributed by atoms with van der Waals surface area (Å²) in [6.45, 7) is 0.800. The summed E-state index contributed by atoms with van der Waals surface area (Å²) in [5.74, 6) is 0. The number of ether oxygens (including phenoxy) is 2. The Morgan fingerprint density at radius 3 is 2.75 bits per heavy atom. The van der Waals surface area contributed by atoms with Crippen molar-refractivity contribution in [1.29, 1.82) is 0 Å². The van der Waals surface area contributed by atoms with E-state index in [0.29, 0.717) is 12.3 Å². The summed E-state index contributed by atoms with van der Waals surface area (Å²) < 4.78 is 10.3. The average Bonchev–Trinajstić information content (AvgIpc) is 2.30. The highest BCUT2D eigenvalue weighted by Crippen LogP contribution is 2.16. The molecule has 0 fully saturated rings. The number of aldehydes is 1. The molecule has 84 valence electrons. The highest BCUT2D eigenvalue weighted by molar-refractivity contribution is 5.87. The van der Waals surface area contributed by atoms with E-state index in [4.69, 9.17) is 9.47 Å². The van der Waals surface area contributed by atoms with Crippen LogP contribution in [-0.4, -0.2) is 26.4 Å². The monoisotopic (exact) mass is 219 g/mol. The molecule has 4 heteroatoms. The van der Waals surface area contributed by atoms with Crippen molar-refractivity contribution in [3.05, 3.63) is 41.5 Å². The second-order valence-electron chi connectivity index (χ2n) is 3.38. The number of benzene rings is 1. The van der Waals surface area contributed by atoms with E-state index in [0.717, 1.165) is 17.5 Å². The molecule has 0 spiro atoms. The minimum Gasteiger partial charge on any atom is -0.362 e. The van der Waals surface area contributed by atoms with Gasteiger partial charge in [-0.2, -0.15) is 0 Å². The third kappa shape index (κ3) is 2.48. The molecule has 1 aromatic carbocycles. The first-order valence-corrected chi connectivity index (χ1v) is 5.05. The zero-order valence-electron chi connectivity index (χ0n) is 8.81. The van der Waals surface area contributed by atoms with Crippen LogP contribution in [0.1, 0.15) is 5.56 Å². The van der Waals surface area contributed by atoms with Gasteiger partial charge < -0.3 is 14.8 Å². The van der Waals surface area contributed by atoms with Gasteiger partial charge in [0.1, 0.15) is 19.8 Å². The topological polar surface area (TPSA) is 47.6 Å². The maximum absolute atomic E-state index is 11.0. The highest BCUT2D eigenvalue weighted by Gasteiger charge is 2.11. The number of nitrogens with one attached hydrogen (secondary N) is 1. The van der Waals surface area contributed by atoms with Gasteiger partial charge in [0.05, 0.1) is 12.3 Å². The fraction of sp³-hybridized carbons (Fsp3) is 0.250. The molecule has 1 aliphatic heterocycles. The molecule has 0 saturated carbocycles. The second-order valence-corrected chi connectivity index (χ2v) is 3.38. The third-order valence-corrected chi connectivity index (χ3v) is 2.30. The first-order valence-electron chi connectivity index (χ1n) is 5.05. The lowest BCUT2D eigenvalue weighted by molar-refractivity contribution is -0.106. The maximum Gasteiger partial charge on any atom is 0.150 e. The van der Waals surface area contributed by atoms with Gasteiger partial charge in [0.2, 0.25) is 0 Å². The predicted octanol–water partition coefficient (Wildman–Crippen LogP) is 1.15. The molecule has 1 aromatic rings. The number of hydrogen-bond acceptors (Lipinski definition) is 4. The molecule has 0 amide bonds. The fourth-order valence-corrected chi connectivity index (χ4v) is 1.55. The Morgan fingerprint density at radius 1 is 1.19 bits per heavy atom. The van der Waals surface area contributed by atoms with Crippen LogP contribution in [0.2, 0.25) is 0 Å². The molecule has 4 nitrogen and oxygen atoms in total. The molecule has 0 unspecified atom stereocenters. The Kier molecular flexibility index (Phi) is 3.69. The van der Waals surface area contributed by atoms with Gasteiger partial charge in [-0.05, 0) is 5.56 Å². The molecule has 1 heterocycles. The number of hydrogen-bond donors (Lipinski definition) is 1. The van der Waals surface area contributed by atoms with Crippen LogP contribution in [0, 0.1) is 0 Å². The molecule has 0 bridgehead atoms. The van der Waals surface area contributed by atoms with Crippen LogP contribution in [-0.2, 0) is 14.3 Å². The molecule has 0 saturated heterocycles. The van der Waals surface area contributed by atoms with Gasteiger partial charge in [-0.25, -0.2) is 0 Å². The van der Waals surface area contributed by atoms with Gasteiger partial charge in [0.15, 0.2) is 0 Å². The van der Waals surface area contributed by atoms with Crippen LogP contribution in [0.5, 0.6) is 0 Å². The maximum atomic E-state index is 11.0. The van der Waals surface area contributed by atoms with Crippen molar-refractivity contribution in [3.8, 4) is 0 Å². The molecule has 0 atom stereocenters. The van der Waals surface area contributed by atoms with E-state index in [-0.39, 0.29) is 13.4 Å². The SMILES string of the molecule is O=C/C1=C(\c2ccccc2)NCOCOC1. The Bertz CT molecular complexity index is 387. The zero-order chi connectivity index (χ0) is 11.2. The number of rotatable bonds is 2. The van der Waals surface area contributed by atoms with Gasteiger partial charge in [-0.15, -0.1) is 0 Å². The van der Waals surface area contributed by atoms with Crippen LogP contribution in [0.15, 0.2) is 35.9 Å². The molecule has 1 N–H and O–H groups in total. The minimum atomic E-state index is 0.201. The van der Waals surface area contributed by atoms with Crippen molar-refractivity contribution in [2.45, 2.75) is 0 Å². The molecular weight excluding hydrogens is 206 g/mol. The largest absolute Gasteiger partial charge is 0.362 e. The standard InChI is InChI=1S/C12H13NO3/c14-6-11-7-15-9-16-8-13-12(11)10-4-2-1-3-5-10/h1-6,13H,7-9H2/b12-11-. The van der Waals surface area contributed by atoms with Crippen molar-refractivity contribution in [2.75, 3.05) is 20.1 Å². The number of carbonyl (C=O) groups excluding carboxylic acids is 1. The lowest BCUT2D eigenvalue weighted by Crippen LogP contribution is -2.24. The smallest absolute Gasteiger partial charge is 0.150 e. The first-order chi connectivity index (χ1) is 7.92. The Hall–Kier alpha value is -1.65. The summed E-state index contributed by atoms with van der Waals surface area (Å²) in [6, 6.07) is 9.65. The van der Waals surface area contributed by atoms with E-state index < -0.39 is 0 Å². The summed E-state index contributed by atoms with van der Waals surface area (Å²) in [5, 5.41) is 3.09. The molecule has 0 radical (unpaired) electrons. The van der Waals surface area contributed by atoms with Gasteiger partial charge in [0, 0.05) is 5.57 Å². The fourth-order valence-electron chi connectivity index (χ4n) is 1.55. The lowest BCUT2D eigenvalue weighted by atomic mass is 10.1. The molecule has 2 rings (SSSR count). The predicted molar refractivity (Wildman–Crippen MR) is 59.3 cm³/mol. The lowest BCUT2D eigenvalue weighted by Gasteiger charge is -2.18. The van der Waals surface area contributed by atoms with Crippen molar-refractivity contribution in [2.24, 2.45) is 0 Å². The first kappa shape index (κ1) is 10.9. The molecule has 1 aliphatic rings. The van der Waals surface area contributed by atoms with Crippen LogP contribution < -0.4 is 5.32 Å². The van der Waals surface area contributed by atoms with E-state index in [1.54, 1.807) is 0 Å². The van der Waals surface area contributed by atoms with Crippen LogP contribution >= 0.6 is 0 Å². The summed E-state index contributed by atoms with van der Waals surface area (Å²) in [4.78, 5) is 11.0. The average molecular weight is 219 g/mol. The van der Waals surface area contributed by atoms with Crippen molar-refractivity contribution in [3.63, 3.8) is 0 Å².